The Morgan fingerprint density at radius 3 is 2.93 bits per heavy atom. The monoisotopic (exact) mass is 411 g/mol. The number of hydrogen-bond donors (Lipinski definition) is 1. The predicted molar refractivity (Wildman–Crippen MR) is 115 cm³/mol. The molecule has 7 nitrogen and oxygen atoms in total. The SMILES string of the molecule is Cc1cc(=O)n2nc(N3CCC[C@H](C(=O)NC[C@@H](C)c4ccccc4)C3)sc2n1. The molecule has 1 aliphatic heterocycles. The first-order valence-corrected chi connectivity index (χ1v) is 10.8. The molecule has 152 valence electrons. The summed E-state index contributed by atoms with van der Waals surface area (Å²) >= 11 is 1.40. The van der Waals surface area contributed by atoms with Crippen molar-refractivity contribution in [2.45, 2.75) is 32.6 Å². The molecule has 0 radical (unpaired) electrons. The Morgan fingerprint density at radius 2 is 2.14 bits per heavy atom. The molecule has 4 rings (SSSR count). The van der Waals surface area contributed by atoms with Crippen LogP contribution in [0, 0.1) is 12.8 Å². The minimum Gasteiger partial charge on any atom is -0.355 e. The fourth-order valence-electron chi connectivity index (χ4n) is 3.70. The second-order valence-corrected chi connectivity index (χ2v) is 8.59. The fourth-order valence-corrected chi connectivity index (χ4v) is 4.69. The first-order chi connectivity index (χ1) is 14.0. The number of anilines is 1. The van der Waals surface area contributed by atoms with Crippen LogP contribution >= 0.6 is 11.3 Å². The van der Waals surface area contributed by atoms with Gasteiger partial charge >= 0.3 is 0 Å². The van der Waals surface area contributed by atoms with E-state index in [-0.39, 0.29) is 23.3 Å². The van der Waals surface area contributed by atoms with E-state index in [9.17, 15) is 9.59 Å². The van der Waals surface area contributed by atoms with Crippen LogP contribution in [0.25, 0.3) is 4.96 Å². The molecule has 1 saturated heterocycles. The van der Waals surface area contributed by atoms with Gasteiger partial charge in [-0.15, -0.1) is 5.10 Å². The molecule has 2 aromatic heterocycles. The van der Waals surface area contributed by atoms with Gasteiger partial charge in [0.25, 0.3) is 5.56 Å². The van der Waals surface area contributed by atoms with Crippen molar-refractivity contribution >= 4 is 27.3 Å². The zero-order chi connectivity index (χ0) is 20.4. The van der Waals surface area contributed by atoms with E-state index in [0.29, 0.717) is 23.7 Å². The van der Waals surface area contributed by atoms with E-state index in [2.05, 4.69) is 39.4 Å². The summed E-state index contributed by atoms with van der Waals surface area (Å²) in [5, 5.41) is 8.30. The lowest BCUT2D eigenvalue weighted by Gasteiger charge is -2.31. The Hall–Kier alpha value is -2.74. The van der Waals surface area contributed by atoms with Gasteiger partial charge in [-0.2, -0.15) is 4.52 Å². The van der Waals surface area contributed by atoms with Crippen LogP contribution < -0.4 is 15.8 Å². The van der Waals surface area contributed by atoms with Crippen LogP contribution in [0.3, 0.4) is 0 Å². The van der Waals surface area contributed by atoms with E-state index in [0.717, 1.165) is 24.5 Å². The van der Waals surface area contributed by atoms with Gasteiger partial charge in [0.2, 0.25) is 16.0 Å². The summed E-state index contributed by atoms with van der Waals surface area (Å²) in [4.78, 5) is 32.0. The molecule has 3 heterocycles. The molecule has 3 aromatic rings. The standard InChI is InChI=1S/C21H25N5O2S/c1-14(16-7-4-3-5-8-16)12-22-19(28)17-9-6-10-25(13-17)21-24-26-18(27)11-15(2)23-20(26)29-21/h3-5,7-8,11,14,17H,6,9-10,12-13H2,1-2H3,(H,22,28)/t14-,17+/m1/s1. The van der Waals surface area contributed by atoms with Crippen LogP contribution in [-0.4, -0.2) is 40.1 Å². The number of nitrogens with one attached hydrogen (secondary N) is 1. The summed E-state index contributed by atoms with van der Waals surface area (Å²) in [5.41, 5.74) is 1.74. The van der Waals surface area contributed by atoms with Crippen LogP contribution in [0.4, 0.5) is 5.13 Å². The number of nitrogens with zero attached hydrogens (tertiary/aromatic N) is 4. The third kappa shape index (κ3) is 4.32. The first-order valence-electron chi connectivity index (χ1n) is 9.96. The second kappa shape index (κ2) is 8.32. The maximum atomic E-state index is 12.8. The molecule has 0 spiro atoms. The molecule has 1 aromatic carbocycles. The van der Waals surface area contributed by atoms with Crippen molar-refractivity contribution < 1.29 is 4.79 Å². The van der Waals surface area contributed by atoms with Crippen molar-refractivity contribution in [3.63, 3.8) is 0 Å². The number of piperidine rings is 1. The van der Waals surface area contributed by atoms with Crippen molar-refractivity contribution in [2.24, 2.45) is 5.92 Å². The summed E-state index contributed by atoms with van der Waals surface area (Å²) in [5.74, 6) is 0.278. The molecule has 0 unspecified atom stereocenters. The number of fused-ring (bicyclic) bond motifs is 1. The van der Waals surface area contributed by atoms with Gasteiger partial charge in [-0.3, -0.25) is 9.59 Å². The van der Waals surface area contributed by atoms with E-state index in [4.69, 9.17) is 0 Å². The fraction of sp³-hybridized carbons (Fsp3) is 0.429. The summed E-state index contributed by atoms with van der Waals surface area (Å²) in [6.45, 7) is 5.99. The minimum absolute atomic E-state index is 0.0786. The van der Waals surface area contributed by atoms with Gasteiger partial charge in [0, 0.05) is 31.4 Å². The second-order valence-electron chi connectivity index (χ2n) is 7.66. The smallest absolute Gasteiger partial charge is 0.275 e. The molecule has 0 bridgehead atoms. The Morgan fingerprint density at radius 1 is 1.34 bits per heavy atom. The number of rotatable bonds is 5. The highest BCUT2D eigenvalue weighted by Gasteiger charge is 2.28. The highest BCUT2D eigenvalue weighted by molar-refractivity contribution is 7.20. The molecular formula is C21H25N5O2S. The average Bonchev–Trinajstić information content (AvgIpc) is 3.17. The number of carbonyl (C=O) groups is 1. The van der Waals surface area contributed by atoms with E-state index in [1.807, 2.05) is 18.2 Å². The van der Waals surface area contributed by atoms with Crippen molar-refractivity contribution in [1.29, 1.82) is 0 Å². The number of aryl methyl sites for hydroxylation is 1. The summed E-state index contributed by atoms with van der Waals surface area (Å²) in [6.07, 6.45) is 1.79. The maximum absolute atomic E-state index is 12.8. The summed E-state index contributed by atoms with van der Waals surface area (Å²) in [6, 6.07) is 11.7. The molecule has 1 aliphatic rings. The molecule has 0 aliphatic carbocycles. The molecule has 0 saturated carbocycles. The molecule has 1 N–H and O–H groups in total. The average molecular weight is 412 g/mol. The van der Waals surface area contributed by atoms with Gasteiger partial charge in [0.15, 0.2) is 0 Å². The van der Waals surface area contributed by atoms with Gasteiger partial charge in [0.05, 0.1) is 5.92 Å². The zero-order valence-electron chi connectivity index (χ0n) is 16.7. The molecule has 1 amide bonds. The first kappa shape index (κ1) is 19.6. The number of hydrogen-bond acceptors (Lipinski definition) is 6. The Balaban J connectivity index is 1.41. The topological polar surface area (TPSA) is 79.6 Å². The summed E-state index contributed by atoms with van der Waals surface area (Å²) in [7, 11) is 0. The maximum Gasteiger partial charge on any atom is 0.275 e. The largest absolute Gasteiger partial charge is 0.355 e. The molecule has 1 fully saturated rings. The van der Waals surface area contributed by atoms with Gasteiger partial charge in [-0.25, -0.2) is 4.98 Å². The Bertz CT molecular complexity index is 1060. The number of aromatic nitrogens is 3. The van der Waals surface area contributed by atoms with E-state index in [1.54, 1.807) is 6.92 Å². The quantitative estimate of drug-likeness (QED) is 0.698. The van der Waals surface area contributed by atoms with Gasteiger partial charge in [-0.05, 0) is 31.2 Å². The van der Waals surface area contributed by atoms with Crippen molar-refractivity contribution in [3.8, 4) is 0 Å². The highest BCUT2D eigenvalue weighted by Crippen LogP contribution is 2.27. The van der Waals surface area contributed by atoms with E-state index >= 15 is 0 Å². The Kier molecular flexibility index (Phi) is 5.62. The van der Waals surface area contributed by atoms with Crippen molar-refractivity contribution in [3.05, 3.63) is 58.0 Å². The zero-order valence-corrected chi connectivity index (χ0v) is 17.5. The lowest BCUT2D eigenvalue weighted by molar-refractivity contribution is -0.125. The molecule has 8 heteroatoms. The van der Waals surface area contributed by atoms with Gasteiger partial charge in [0.1, 0.15) is 0 Å². The van der Waals surface area contributed by atoms with Crippen LogP contribution in [-0.2, 0) is 4.79 Å². The van der Waals surface area contributed by atoms with Gasteiger partial charge < -0.3 is 10.2 Å². The normalized spacial score (nSPS) is 18.0. The Labute approximate surface area is 173 Å². The third-order valence-electron chi connectivity index (χ3n) is 5.38. The minimum atomic E-state index is -0.170. The van der Waals surface area contributed by atoms with Crippen molar-refractivity contribution in [1.82, 2.24) is 19.9 Å². The van der Waals surface area contributed by atoms with E-state index < -0.39 is 0 Å². The third-order valence-corrected chi connectivity index (χ3v) is 6.35. The number of carbonyl (C=O) groups excluding carboxylic acids is 1. The van der Waals surface area contributed by atoms with Crippen LogP contribution in [0.1, 0.15) is 36.9 Å². The molecular weight excluding hydrogens is 386 g/mol. The van der Waals surface area contributed by atoms with Crippen molar-refractivity contribution in [2.75, 3.05) is 24.5 Å². The molecule has 29 heavy (non-hydrogen) atoms. The van der Waals surface area contributed by atoms with Crippen LogP contribution in [0.2, 0.25) is 0 Å². The molecule has 2 atom stereocenters. The predicted octanol–water partition coefficient (Wildman–Crippen LogP) is 2.60. The van der Waals surface area contributed by atoms with Crippen LogP contribution in [0.5, 0.6) is 0 Å². The van der Waals surface area contributed by atoms with Gasteiger partial charge in [-0.1, -0.05) is 48.6 Å². The van der Waals surface area contributed by atoms with E-state index in [1.165, 1.54) is 27.5 Å². The highest BCUT2D eigenvalue weighted by atomic mass is 32.1. The summed E-state index contributed by atoms with van der Waals surface area (Å²) < 4.78 is 1.35. The van der Waals surface area contributed by atoms with Crippen LogP contribution in [0.15, 0.2) is 41.2 Å². The number of benzene rings is 1. The number of amides is 1. The lowest BCUT2D eigenvalue weighted by atomic mass is 9.96. The lowest BCUT2D eigenvalue weighted by Crippen LogP contribution is -2.43.